The zero-order valence-electron chi connectivity index (χ0n) is 24.0. The van der Waals surface area contributed by atoms with Gasteiger partial charge in [0.25, 0.3) is 0 Å². The fourth-order valence-electron chi connectivity index (χ4n) is 5.32. The highest BCUT2D eigenvalue weighted by atomic mass is 16.6. The molecule has 1 aliphatic carbocycles. The van der Waals surface area contributed by atoms with Gasteiger partial charge in [0.05, 0.1) is 24.0 Å². The summed E-state index contributed by atoms with van der Waals surface area (Å²) in [6.07, 6.45) is 0. The van der Waals surface area contributed by atoms with Crippen LogP contribution in [0, 0.1) is 20.9 Å². The number of carbonyl (C=O) groups is 4. The number of fused-ring (bicyclic) bond motifs is 4. The van der Waals surface area contributed by atoms with E-state index in [1.54, 1.807) is 50.2 Å². The van der Waals surface area contributed by atoms with E-state index in [9.17, 15) is 19.2 Å². The highest BCUT2D eigenvalue weighted by Crippen LogP contribution is 2.50. The molecule has 0 saturated carbocycles. The lowest BCUT2D eigenvalue weighted by Gasteiger charge is -2.23. The molecule has 0 heterocycles. The second kappa shape index (κ2) is 11.0. The fourth-order valence-corrected chi connectivity index (χ4v) is 5.32. The third-order valence-electron chi connectivity index (χ3n) is 6.49. The number of hydrogen-bond acceptors (Lipinski definition) is 10. The van der Waals surface area contributed by atoms with Crippen LogP contribution in [0.1, 0.15) is 41.5 Å². The van der Waals surface area contributed by atoms with Gasteiger partial charge >= 0.3 is 23.9 Å². The maximum Gasteiger partial charge on any atom is 0.308 e. The Kier molecular flexibility index (Phi) is 7.47. The van der Waals surface area contributed by atoms with Crippen LogP contribution in [0.25, 0.3) is 21.5 Å². The lowest BCUT2D eigenvalue weighted by molar-refractivity contribution is -0.133. The molecular weight excluding hydrogens is 544 g/mol. The van der Waals surface area contributed by atoms with Gasteiger partial charge in [-0.15, -0.1) is 0 Å². The summed E-state index contributed by atoms with van der Waals surface area (Å²) in [6, 6.07) is 10.2. The van der Waals surface area contributed by atoms with E-state index in [4.69, 9.17) is 28.4 Å². The highest BCUT2D eigenvalue weighted by Gasteiger charge is 2.31. The first kappa shape index (κ1) is 28.4. The second-order valence-corrected chi connectivity index (χ2v) is 9.41. The van der Waals surface area contributed by atoms with Gasteiger partial charge in [0.1, 0.15) is 23.0 Å². The van der Waals surface area contributed by atoms with E-state index < -0.39 is 23.9 Å². The van der Waals surface area contributed by atoms with Crippen LogP contribution < -0.4 is 28.4 Å². The van der Waals surface area contributed by atoms with Crippen LogP contribution in [0.4, 0.5) is 0 Å². The molecule has 0 aromatic heterocycles. The van der Waals surface area contributed by atoms with E-state index in [-0.39, 0.29) is 23.0 Å². The number of hydrogen-bond donors (Lipinski definition) is 0. The van der Waals surface area contributed by atoms with Crippen molar-refractivity contribution in [2.45, 2.75) is 41.5 Å². The minimum Gasteiger partial charge on any atom is -0.493 e. The predicted octanol–water partition coefficient (Wildman–Crippen LogP) is 5.38. The van der Waals surface area contributed by atoms with Gasteiger partial charge in [0.2, 0.25) is 0 Å². The number of esters is 4. The molecule has 4 aromatic rings. The first-order chi connectivity index (χ1) is 20.1. The number of carbonyl (C=O) groups excluding carboxylic acids is 4. The minimum absolute atomic E-state index is 0.107. The maximum absolute atomic E-state index is 12.5. The van der Waals surface area contributed by atoms with E-state index in [1.165, 1.54) is 27.7 Å². The Bertz CT molecular complexity index is 1880. The summed E-state index contributed by atoms with van der Waals surface area (Å²) in [7, 11) is 0. The Morgan fingerprint density at radius 3 is 1.12 bits per heavy atom. The van der Waals surface area contributed by atoms with Crippen molar-refractivity contribution in [3.8, 4) is 34.5 Å². The smallest absolute Gasteiger partial charge is 0.308 e. The quantitative estimate of drug-likeness (QED) is 0.177. The summed E-state index contributed by atoms with van der Waals surface area (Å²) < 4.78 is 35.0. The third kappa shape index (κ3) is 4.64. The normalized spacial score (nSPS) is 11.2. The number of benzene rings is 4. The van der Waals surface area contributed by atoms with Gasteiger partial charge in [0.15, 0.2) is 11.5 Å². The van der Waals surface area contributed by atoms with Crippen molar-refractivity contribution >= 4 is 45.4 Å². The standard InChI is InChI=1S/C32H28O10/c1-7-37-21-13-9-11-19-23(21)31(41-17(5)35)27-25(29(19)39-15(3)33)26-28(27)32(42-18(6)36)24-20(30(26)40-16(4)34)12-10-14-22(24)38-8-2/h9-14H,7-8H2,1-6H3. The summed E-state index contributed by atoms with van der Waals surface area (Å²) in [5.74, 6) is -1.22. The highest BCUT2D eigenvalue weighted by molar-refractivity contribution is 6.04. The molecule has 0 unspecified atom stereocenters. The van der Waals surface area contributed by atoms with Crippen molar-refractivity contribution in [2.75, 3.05) is 13.2 Å². The van der Waals surface area contributed by atoms with Gasteiger partial charge in [-0.25, -0.2) is 0 Å². The van der Waals surface area contributed by atoms with E-state index in [0.29, 0.717) is 67.1 Å². The summed E-state index contributed by atoms with van der Waals surface area (Å²) in [4.78, 5) is 49.8. The van der Waals surface area contributed by atoms with Crippen LogP contribution in [-0.2, 0) is 19.2 Å². The molecule has 0 N–H and O–H groups in total. The van der Waals surface area contributed by atoms with Crippen molar-refractivity contribution in [1.29, 1.82) is 0 Å². The maximum atomic E-state index is 12.5. The number of rotatable bonds is 8. The molecule has 0 amide bonds. The fraction of sp³-hybridized carbons (Fsp3) is 0.250. The van der Waals surface area contributed by atoms with Crippen LogP contribution in [0.15, 0.2) is 36.4 Å². The molecule has 1 aliphatic rings. The molecule has 0 radical (unpaired) electrons. The van der Waals surface area contributed by atoms with Crippen LogP contribution in [0.2, 0.25) is 0 Å². The predicted molar refractivity (Wildman–Crippen MR) is 151 cm³/mol. The van der Waals surface area contributed by atoms with Gasteiger partial charge < -0.3 is 28.4 Å². The largest absolute Gasteiger partial charge is 0.493 e. The van der Waals surface area contributed by atoms with Crippen molar-refractivity contribution in [1.82, 2.24) is 0 Å². The van der Waals surface area contributed by atoms with E-state index in [1.807, 2.05) is 0 Å². The van der Waals surface area contributed by atoms with Crippen molar-refractivity contribution < 1.29 is 47.6 Å². The lowest BCUT2D eigenvalue weighted by atomic mass is 9.90. The first-order valence-corrected chi connectivity index (χ1v) is 13.3. The van der Waals surface area contributed by atoms with E-state index in [2.05, 4.69) is 0 Å². The Morgan fingerprint density at radius 2 is 0.810 bits per heavy atom. The Balaban J connectivity index is 2.20. The summed E-state index contributed by atoms with van der Waals surface area (Å²) >= 11 is 0. The summed E-state index contributed by atoms with van der Waals surface area (Å²) in [6.45, 7) is 9.24. The lowest BCUT2D eigenvalue weighted by Crippen LogP contribution is -2.14. The molecule has 0 atom stereocenters. The molecule has 0 saturated heterocycles. The topological polar surface area (TPSA) is 124 Å². The van der Waals surface area contributed by atoms with Gasteiger partial charge in [-0.3, -0.25) is 19.2 Å². The average Bonchev–Trinajstić information content (AvgIpc) is 2.89. The van der Waals surface area contributed by atoms with E-state index >= 15 is 0 Å². The van der Waals surface area contributed by atoms with Crippen molar-refractivity contribution in [3.05, 3.63) is 57.3 Å². The molecule has 0 aliphatic heterocycles. The van der Waals surface area contributed by atoms with Crippen molar-refractivity contribution in [2.24, 2.45) is 0 Å². The Labute approximate surface area is 239 Å². The molecule has 10 nitrogen and oxygen atoms in total. The minimum atomic E-state index is -0.622. The molecule has 42 heavy (non-hydrogen) atoms. The molecule has 216 valence electrons. The number of ether oxygens (including phenoxy) is 6. The Hall–Kier alpha value is -5.12. The molecule has 0 bridgehead atoms. The van der Waals surface area contributed by atoms with Gasteiger partial charge in [-0.05, 0) is 26.0 Å². The zero-order chi connectivity index (χ0) is 30.3. The summed E-state index contributed by atoms with van der Waals surface area (Å²) in [5.41, 5.74) is 0. The van der Waals surface area contributed by atoms with Crippen LogP contribution >= 0.6 is 0 Å². The molecule has 5 rings (SSSR count). The SMILES string of the molecule is CCOc1cccc2c(OC(C)=O)c3c(c(OC(C)=O)c12)=c1c(OC(C)=O)c2c(OCC)cccc2c(OC(C)=O)c1=3. The van der Waals surface area contributed by atoms with E-state index in [0.717, 1.165) is 0 Å². The molecular formula is C32H28O10. The molecule has 0 fully saturated rings. The zero-order valence-corrected chi connectivity index (χ0v) is 24.0. The van der Waals surface area contributed by atoms with Gasteiger partial charge in [-0.2, -0.15) is 0 Å². The average molecular weight is 573 g/mol. The third-order valence-corrected chi connectivity index (χ3v) is 6.49. The molecule has 10 heteroatoms. The summed E-state index contributed by atoms with van der Waals surface area (Å²) in [5, 5.41) is 2.89. The van der Waals surface area contributed by atoms with Crippen molar-refractivity contribution in [3.63, 3.8) is 0 Å². The molecule has 4 aromatic carbocycles. The molecule has 0 spiro atoms. The Morgan fingerprint density at radius 1 is 0.500 bits per heavy atom. The van der Waals surface area contributed by atoms with Gasteiger partial charge in [-0.1, -0.05) is 24.3 Å². The van der Waals surface area contributed by atoms with Crippen LogP contribution in [0.3, 0.4) is 0 Å². The van der Waals surface area contributed by atoms with Crippen LogP contribution in [-0.4, -0.2) is 37.1 Å². The first-order valence-electron chi connectivity index (χ1n) is 13.3. The monoisotopic (exact) mass is 572 g/mol. The van der Waals surface area contributed by atoms with Crippen LogP contribution in [0.5, 0.6) is 34.5 Å². The second-order valence-electron chi connectivity index (χ2n) is 9.41. The van der Waals surface area contributed by atoms with Gasteiger partial charge in [0, 0.05) is 59.3 Å².